The van der Waals surface area contributed by atoms with Crippen LogP contribution < -0.4 is 15.8 Å². The monoisotopic (exact) mass is 329 g/mol. The zero-order chi connectivity index (χ0) is 17.0. The Morgan fingerprint density at radius 2 is 1.96 bits per heavy atom. The number of rotatable bonds is 5. The quantitative estimate of drug-likeness (QED) is 0.884. The Bertz CT molecular complexity index is 712. The number of nitrogens with zero attached hydrogens (tertiary/aromatic N) is 1. The van der Waals surface area contributed by atoms with Crippen LogP contribution in [0.25, 0.3) is 0 Å². The molecule has 0 spiro atoms. The lowest BCUT2D eigenvalue weighted by Crippen LogP contribution is -2.51. The molecule has 1 aliphatic rings. The molecule has 1 aromatic carbocycles. The average Bonchev–Trinajstić information content (AvgIpc) is 3.03. The molecule has 1 heterocycles. The lowest BCUT2D eigenvalue weighted by molar-refractivity contribution is -0.126. The molecule has 0 radical (unpaired) electrons. The number of aromatic nitrogens is 1. The molecule has 3 N–H and O–H groups in total. The molecule has 1 amide bonds. The van der Waals surface area contributed by atoms with Crippen molar-refractivity contribution in [3.8, 4) is 11.6 Å². The molecule has 0 unspecified atom stereocenters. The third kappa shape index (κ3) is 3.89. The number of carbonyl (C=O) groups excluding carboxylic acids is 1. The van der Waals surface area contributed by atoms with Gasteiger partial charge in [0.05, 0.1) is 5.54 Å². The van der Waals surface area contributed by atoms with Crippen LogP contribution in [-0.4, -0.2) is 16.4 Å². The highest BCUT2D eigenvalue weighted by atomic mass is 19.1. The highest BCUT2D eigenvalue weighted by molar-refractivity contribution is 5.86. The summed E-state index contributed by atoms with van der Waals surface area (Å²) in [5.74, 6) is 0.445. The summed E-state index contributed by atoms with van der Waals surface area (Å²) in [5, 5.41) is 2.88. The van der Waals surface area contributed by atoms with E-state index in [4.69, 9.17) is 10.5 Å². The summed E-state index contributed by atoms with van der Waals surface area (Å²) in [6, 6.07) is 9.24. The van der Waals surface area contributed by atoms with Crippen molar-refractivity contribution in [2.24, 2.45) is 5.73 Å². The number of benzene rings is 1. The molecule has 126 valence electrons. The second-order valence-electron chi connectivity index (χ2n) is 6.10. The molecule has 0 bridgehead atoms. The van der Waals surface area contributed by atoms with E-state index in [1.54, 1.807) is 18.3 Å². The summed E-state index contributed by atoms with van der Waals surface area (Å²) in [5.41, 5.74) is 6.25. The number of halogens is 1. The summed E-state index contributed by atoms with van der Waals surface area (Å²) in [4.78, 5) is 16.4. The predicted molar refractivity (Wildman–Crippen MR) is 87.9 cm³/mol. The second-order valence-corrected chi connectivity index (χ2v) is 6.10. The zero-order valence-electron chi connectivity index (χ0n) is 13.3. The molecule has 1 aliphatic carbocycles. The van der Waals surface area contributed by atoms with Crippen LogP contribution in [0.3, 0.4) is 0 Å². The second kappa shape index (κ2) is 6.97. The van der Waals surface area contributed by atoms with Gasteiger partial charge in [-0.3, -0.25) is 4.79 Å². The Labute approximate surface area is 140 Å². The van der Waals surface area contributed by atoms with E-state index >= 15 is 0 Å². The maximum atomic E-state index is 12.9. The van der Waals surface area contributed by atoms with E-state index in [2.05, 4.69) is 10.3 Å². The Morgan fingerprint density at radius 1 is 1.25 bits per heavy atom. The van der Waals surface area contributed by atoms with Crippen LogP contribution in [0.2, 0.25) is 0 Å². The third-order valence-corrected chi connectivity index (χ3v) is 4.24. The first-order chi connectivity index (χ1) is 11.5. The molecule has 0 atom stereocenters. The Hall–Kier alpha value is -2.47. The minimum atomic E-state index is -0.736. The van der Waals surface area contributed by atoms with Gasteiger partial charge in [-0.05, 0) is 48.7 Å². The van der Waals surface area contributed by atoms with Crippen molar-refractivity contribution in [3.63, 3.8) is 0 Å². The molecular formula is C18H20FN3O2. The van der Waals surface area contributed by atoms with E-state index in [9.17, 15) is 9.18 Å². The van der Waals surface area contributed by atoms with Gasteiger partial charge in [-0.15, -0.1) is 0 Å². The van der Waals surface area contributed by atoms with Gasteiger partial charge in [0, 0.05) is 18.8 Å². The van der Waals surface area contributed by atoms with E-state index < -0.39 is 5.54 Å². The van der Waals surface area contributed by atoms with Crippen LogP contribution in [-0.2, 0) is 11.3 Å². The number of nitrogens with one attached hydrogen (secondary N) is 1. The maximum absolute atomic E-state index is 12.9. The van der Waals surface area contributed by atoms with Crippen molar-refractivity contribution < 1.29 is 13.9 Å². The minimum Gasteiger partial charge on any atom is -0.439 e. The van der Waals surface area contributed by atoms with Gasteiger partial charge in [0.25, 0.3) is 0 Å². The highest BCUT2D eigenvalue weighted by Gasteiger charge is 2.36. The topological polar surface area (TPSA) is 77.2 Å². The summed E-state index contributed by atoms with van der Waals surface area (Å²) in [6.45, 7) is 0.361. The summed E-state index contributed by atoms with van der Waals surface area (Å²) < 4.78 is 18.5. The van der Waals surface area contributed by atoms with Gasteiger partial charge in [-0.25, -0.2) is 9.37 Å². The van der Waals surface area contributed by atoms with Crippen molar-refractivity contribution in [1.82, 2.24) is 10.3 Å². The first-order valence-electron chi connectivity index (χ1n) is 8.01. The van der Waals surface area contributed by atoms with Crippen LogP contribution in [0.1, 0.15) is 31.2 Å². The van der Waals surface area contributed by atoms with Gasteiger partial charge in [-0.1, -0.05) is 12.8 Å². The van der Waals surface area contributed by atoms with Crippen LogP contribution in [0.5, 0.6) is 11.6 Å². The van der Waals surface area contributed by atoms with Gasteiger partial charge in [0.1, 0.15) is 11.6 Å². The molecular weight excluding hydrogens is 309 g/mol. The fourth-order valence-corrected chi connectivity index (χ4v) is 2.83. The van der Waals surface area contributed by atoms with Crippen molar-refractivity contribution in [2.75, 3.05) is 0 Å². The van der Waals surface area contributed by atoms with E-state index in [1.807, 2.05) is 0 Å². The summed E-state index contributed by atoms with van der Waals surface area (Å²) in [6.07, 6.45) is 5.06. The molecule has 1 fully saturated rings. The smallest absolute Gasteiger partial charge is 0.240 e. The fourth-order valence-electron chi connectivity index (χ4n) is 2.83. The van der Waals surface area contributed by atoms with Gasteiger partial charge < -0.3 is 15.8 Å². The predicted octanol–water partition coefficient (Wildman–Crippen LogP) is 2.90. The zero-order valence-corrected chi connectivity index (χ0v) is 13.3. The number of hydrogen-bond acceptors (Lipinski definition) is 4. The van der Waals surface area contributed by atoms with Gasteiger partial charge >= 0.3 is 0 Å². The van der Waals surface area contributed by atoms with Crippen LogP contribution >= 0.6 is 0 Å². The normalized spacial score (nSPS) is 15.9. The molecule has 24 heavy (non-hydrogen) atoms. The average molecular weight is 329 g/mol. The maximum Gasteiger partial charge on any atom is 0.240 e. The number of hydrogen-bond donors (Lipinski definition) is 2. The van der Waals surface area contributed by atoms with Crippen molar-refractivity contribution in [2.45, 2.75) is 37.8 Å². The standard InChI is InChI=1S/C18H20FN3O2/c19-14-3-5-15(6-4-14)24-16-11-13(7-10-21-16)12-22-17(23)18(20)8-1-2-9-18/h3-7,10-11H,1-2,8-9,12,20H2,(H,22,23). The lowest BCUT2D eigenvalue weighted by Gasteiger charge is -2.22. The van der Waals surface area contributed by atoms with E-state index in [0.717, 1.165) is 31.2 Å². The third-order valence-electron chi connectivity index (χ3n) is 4.24. The van der Waals surface area contributed by atoms with E-state index in [0.29, 0.717) is 18.2 Å². The van der Waals surface area contributed by atoms with E-state index in [-0.39, 0.29) is 11.7 Å². The molecule has 5 nitrogen and oxygen atoms in total. The number of pyridine rings is 1. The highest BCUT2D eigenvalue weighted by Crippen LogP contribution is 2.27. The van der Waals surface area contributed by atoms with Crippen molar-refractivity contribution in [3.05, 3.63) is 54.0 Å². The van der Waals surface area contributed by atoms with Gasteiger partial charge in [0.2, 0.25) is 11.8 Å². The van der Waals surface area contributed by atoms with Crippen molar-refractivity contribution >= 4 is 5.91 Å². The summed E-state index contributed by atoms with van der Waals surface area (Å²) >= 11 is 0. The molecule has 2 aromatic rings. The molecule has 1 saturated carbocycles. The molecule has 3 rings (SSSR count). The number of carbonyl (C=O) groups is 1. The Kier molecular flexibility index (Phi) is 4.76. The first-order valence-corrected chi connectivity index (χ1v) is 8.01. The first kappa shape index (κ1) is 16.4. The number of nitrogens with two attached hydrogens (primary N) is 1. The van der Waals surface area contributed by atoms with E-state index in [1.165, 1.54) is 24.3 Å². The summed E-state index contributed by atoms with van der Waals surface area (Å²) in [7, 11) is 0. The minimum absolute atomic E-state index is 0.113. The van der Waals surface area contributed by atoms with Crippen LogP contribution in [0, 0.1) is 5.82 Å². The lowest BCUT2D eigenvalue weighted by atomic mass is 9.98. The van der Waals surface area contributed by atoms with Gasteiger partial charge in [0.15, 0.2) is 0 Å². The molecule has 1 aromatic heterocycles. The fraction of sp³-hybridized carbons (Fsp3) is 0.333. The van der Waals surface area contributed by atoms with Crippen LogP contribution in [0.4, 0.5) is 4.39 Å². The molecule has 0 saturated heterocycles. The number of ether oxygens (including phenoxy) is 1. The van der Waals surface area contributed by atoms with Crippen LogP contribution in [0.15, 0.2) is 42.6 Å². The largest absolute Gasteiger partial charge is 0.439 e. The Balaban J connectivity index is 1.60. The molecule has 6 heteroatoms. The number of amides is 1. The van der Waals surface area contributed by atoms with Crippen molar-refractivity contribution in [1.29, 1.82) is 0 Å². The SMILES string of the molecule is NC1(C(=O)NCc2ccnc(Oc3ccc(F)cc3)c2)CCCC1. The molecule has 0 aliphatic heterocycles. The van der Waals surface area contributed by atoms with Gasteiger partial charge in [-0.2, -0.15) is 0 Å². The Morgan fingerprint density at radius 3 is 2.67 bits per heavy atom.